The summed E-state index contributed by atoms with van der Waals surface area (Å²) in [5.41, 5.74) is 0. The van der Waals surface area contributed by atoms with Gasteiger partial charge in [0.05, 0.1) is 6.42 Å². The molecule has 52 valence electrons. The van der Waals surface area contributed by atoms with E-state index in [1.54, 1.807) is 0 Å². The van der Waals surface area contributed by atoms with Crippen LogP contribution in [-0.4, -0.2) is 18.9 Å². The zero-order valence-electron chi connectivity index (χ0n) is 5.42. The summed E-state index contributed by atoms with van der Waals surface area (Å²) in [5.74, 6) is -0.145. The fourth-order valence-electron chi connectivity index (χ4n) is 0.803. The van der Waals surface area contributed by atoms with Crippen LogP contribution in [0.5, 0.6) is 0 Å². The zero-order valence-corrected chi connectivity index (χ0v) is 5.42. The second-order valence-electron chi connectivity index (χ2n) is 1.91. The number of esters is 1. The third-order valence-electron chi connectivity index (χ3n) is 1.20. The molecule has 0 spiro atoms. The molecule has 0 aromatic rings. The summed E-state index contributed by atoms with van der Waals surface area (Å²) < 4.78 is 9.77. The predicted octanol–water partition coefficient (Wildman–Crippen LogP) is 0.686. The Morgan fingerprint density at radius 2 is 2.67 bits per heavy atom. The molecule has 0 aromatic heterocycles. The van der Waals surface area contributed by atoms with E-state index in [2.05, 4.69) is 0 Å². The highest BCUT2D eigenvalue weighted by Crippen LogP contribution is 2.13. The molecule has 1 aliphatic rings. The van der Waals surface area contributed by atoms with Crippen molar-refractivity contribution in [2.75, 3.05) is 6.61 Å². The van der Waals surface area contributed by atoms with Gasteiger partial charge in [0, 0.05) is 13.0 Å². The van der Waals surface area contributed by atoms with Crippen LogP contribution in [0.15, 0.2) is 0 Å². The Labute approximate surface area is 53.9 Å². The SMILES string of the molecule is CCO[C@@H]1CCC(=O)O1. The van der Waals surface area contributed by atoms with Gasteiger partial charge in [-0.1, -0.05) is 0 Å². The van der Waals surface area contributed by atoms with Crippen molar-refractivity contribution in [1.82, 2.24) is 0 Å². The maximum atomic E-state index is 10.4. The van der Waals surface area contributed by atoms with Crippen LogP contribution >= 0.6 is 0 Å². The average Bonchev–Trinajstić information content (AvgIpc) is 2.17. The van der Waals surface area contributed by atoms with Crippen LogP contribution in [-0.2, 0) is 14.3 Å². The largest absolute Gasteiger partial charge is 0.436 e. The van der Waals surface area contributed by atoms with E-state index >= 15 is 0 Å². The lowest BCUT2D eigenvalue weighted by atomic mass is 10.3. The summed E-state index contributed by atoms with van der Waals surface area (Å²) in [7, 11) is 0. The van der Waals surface area contributed by atoms with E-state index in [4.69, 9.17) is 9.47 Å². The summed E-state index contributed by atoms with van der Waals surface area (Å²) in [4.78, 5) is 10.4. The summed E-state index contributed by atoms with van der Waals surface area (Å²) >= 11 is 0. The maximum Gasteiger partial charge on any atom is 0.308 e. The fourth-order valence-corrected chi connectivity index (χ4v) is 0.803. The molecule has 0 amide bonds. The van der Waals surface area contributed by atoms with Gasteiger partial charge in [-0.2, -0.15) is 0 Å². The molecule has 1 saturated heterocycles. The smallest absolute Gasteiger partial charge is 0.308 e. The number of hydrogen-bond acceptors (Lipinski definition) is 3. The lowest BCUT2D eigenvalue weighted by Crippen LogP contribution is -2.10. The molecular formula is C6H10O3. The van der Waals surface area contributed by atoms with E-state index in [1.165, 1.54) is 0 Å². The Morgan fingerprint density at radius 1 is 1.89 bits per heavy atom. The standard InChI is InChI=1S/C6H10O3/c1-2-8-6-4-3-5(7)9-6/h6H,2-4H2,1H3/t6-/m0/s1. The van der Waals surface area contributed by atoms with E-state index in [0.717, 1.165) is 0 Å². The topological polar surface area (TPSA) is 35.5 Å². The van der Waals surface area contributed by atoms with Gasteiger partial charge in [-0.05, 0) is 6.92 Å². The highest BCUT2D eigenvalue weighted by molar-refractivity contribution is 5.71. The van der Waals surface area contributed by atoms with E-state index < -0.39 is 0 Å². The highest BCUT2D eigenvalue weighted by atomic mass is 16.7. The van der Waals surface area contributed by atoms with Crippen molar-refractivity contribution < 1.29 is 14.3 Å². The first-order valence-electron chi connectivity index (χ1n) is 3.14. The monoisotopic (exact) mass is 130 g/mol. The highest BCUT2D eigenvalue weighted by Gasteiger charge is 2.22. The molecule has 1 atom stereocenters. The van der Waals surface area contributed by atoms with Crippen LogP contribution in [0.1, 0.15) is 19.8 Å². The molecule has 1 rings (SSSR count). The molecule has 0 N–H and O–H groups in total. The first kappa shape index (κ1) is 6.55. The molecule has 0 bridgehead atoms. The Balaban J connectivity index is 2.22. The first-order chi connectivity index (χ1) is 4.33. The van der Waals surface area contributed by atoms with Crippen LogP contribution in [0.25, 0.3) is 0 Å². The molecule has 1 heterocycles. The predicted molar refractivity (Wildman–Crippen MR) is 30.7 cm³/mol. The van der Waals surface area contributed by atoms with Crippen molar-refractivity contribution in [2.24, 2.45) is 0 Å². The second kappa shape index (κ2) is 2.82. The van der Waals surface area contributed by atoms with Crippen LogP contribution in [0.4, 0.5) is 0 Å². The summed E-state index contributed by atoms with van der Waals surface area (Å²) in [6.07, 6.45) is 0.958. The molecule has 1 aliphatic heterocycles. The van der Waals surface area contributed by atoms with Gasteiger partial charge in [0.25, 0.3) is 0 Å². The number of carbonyl (C=O) groups is 1. The van der Waals surface area contributed by atoms with Gasteiger partial charge in [0.1, 0.15) is 0 Å². The van der Waals surface area contributed by atoms with Crippen molar-refractivity contribution >= 4 is 5.97 Å². The number of rotatable bonds is 2. The molecule has 0 aromatic carbocycles. The molecule has 0 unspecified atom stereocenters. The van der Waals surface area contributed by atoms with Crippen LogP contribution in [0, 0.1) is 0 Å². The van der Waals surface area contributed by atoms with Gasteiger partial charge in [-0.25, -0.2) is 0 Å². The van der Waals surface area contributed by atoms with Crippen molar-refractivity contribution in [2.45, 2.75) is 26.1 Å². The number of carbonyl (C=O) groups excluding carboxylic acids is 1. The van der Waals surface area contributed by atoms with E-state index in [1.807, 2.05) is 6.92 Å². The Kier molecular flexibility index (Phi) is 2.05. The molecule has 0 aliphatic carbocycles. The van der Waals surface area contributed by atoms with Gasteiger partial charge >= 0.3 is 5.97 Å². The van der Waals surface area contributed by atoms with Gasteiger partial charge < -0.3 is 9.47 Å². The molecular weight excluding hydrogens is 120 g/mol. The lowest BCUT2D eigenvalue weighted by molar-refractivity contribution is -0.161. The third-order valence-corrected chi connectivity index (χ3v) is 1.20. The first-order valence-corrected chi connectivity index (χ1v) is 3.14. The third kappa shape index (κ3) is 1.68. The normalized spacial score (nSPS) is 26.3. The maximum absolute atomic E-state index is 10.4. The van der Waals surface area contributed by atoms with Crippen LogP contribution in [0.3, 0.4) is 0 Å². The fraction of sp³-hybridized carbons (Fsp3) is 0.833. The van der Waals surface area contributed by atoms with E-state index in [9.17, 15) is 4.79 Å². The minimum atomic E-state index is -0.262. The quantitative estimate of drug-likeness (QED) is 0.516. The molecule has 0 radical (unpaired) electrons. The van der Waals surface area contributed by atoms with Gasteiger partial charge in [0.15, 0.2) is 0 Å². The van der Waals surface area contributed by atoms with Crippen molar-refractivity contribution in [1.29, 1.82) is 0 Å². The molecule has 9 heavy (non-hydrogen) atoms. The number of hydrogen-bond donors (Lipinski definition) is 0. The van der Waals surface area contributed by atoms with E-state index in [0.29, 0.717) is 19.4 Å². The average molecular weight is 130 g/mol. The van der Waals surface area contributed by atoms with Gasteiger partial charge in [-0.15, -0.1) is 0 Å². The van der Waals surface area contributed by atoms with Crippen LogP contribution < -0.4 is 0 Å². The van der Waals surface area contributed by atoms with Crippen molar-refractivity contribution in [3.8, 4) is 0 Å². The van der Waals surface area contributed by atoms with Gasteiger partial charge in [-0.3, -0.25) is 4.79 Å². The minimum Gasteiger partial charge on any atom is -0.436 e. The van der Waals surface area contributed by atoms with E-state index in [-0.39, 0.29) is 12.3 Å². The lowest BCUT2D eigenvalue weighted by Gasteiger charge is -2.06. The van der Waals surface area contributed by atoms with Crippen LogP contribution in [0.2, 0.25) is 0 Å². The summed E-state index contributed by atoms with van der Waals surface area (Å²) in [6.45, 7) is 2.49. The molecule has 1 fully saturated rings. The Hall–Kier alpha value is -0.570. The summed E-state index contributed by atoms with van der Waals surface area (Å²) in [5, 5.41) is 0. The Morgan fingerprint density at radius 3 is 3.11 bits per heavy atom. The Bertz CT molecular complexity index is 111. The van der Waals surface area contributed by atoms with Crippen molar-refractivity contribution in [3.05, 3.63) is 0 Å². The molecule has 3 heteroatoms. The number of cyclic esters (lactones) is 1. The molecule has 3 nitrogen and oxygen atoms in total. The minimum absolute atomic E-state index is 0.145. The van der Waals surface area contributed by atoms with Gasteiger partial charge in [0.2, 0.25) is 6.29 Å². The molecule has 0 saturated carbocycles. The number of ether oxygens (including phenoxy) is 2. The van der Waals surface area contributed by atoms with Crippen molar-refractivity contribution in [3.63, 3.8) is 0 Å². The second-order valence-corrected chi connectivity index (χ2v) is 1.91. The zero-order chi connectivity index (χ0) is 6.69. The summed E-state index contributed by atoms with van der Waals surface area (Å²) in [6, 6.07) is 0.